The molecule has 0 saturated carbocycles. The van der Waals surface area contributed by atoms with Crippen molar-refractivity contribution in [1.29, 1.82) is 0 Å². The lowest BCUT2D eigenvalue weighted by atomic mass is 10.7. The Morgan fingerprint density at radius 3 is 1.79 bits per heavy atom. The highest BCUT2D eigenvalue weighted by Crippen LogP contribution is 1.65. The van der Waals surface area contributed by atoms with Crippen molar-refractivity contribution in [2.24, 2.45) is 14.1 Å². The zero-order valence-corrected chi connectivity index (χ0v) is 7.76. The fourth-order valence-corrected chi connectivity index (χ4v) is 1.06. The molecule has 0 fully saturated rings. The molecule has 0 saturated heterocycles. The van der Waals surface area contributed by atoms with Gasteiger partial charge in [-0.25, -0.2) is 28.1 Å². The zero-order valence-electron chi connectivity index (χ0n) is 7.76. The van der Waals surface area contributed by atoms with Crippen LogP contribution in [-0.4, -0.2) is 20.0 Å². The minimum Gasteiger partial charge on any atom is -0.301 e. The number of carbonyl (C=O) groups excluding carboxylic acids is 1. The molecule has 0 radical (unpaired) electrons. The van der Waals surface area contributed by atoms with E-state index in [-0.39, 0.29) is 6.54 Å². The standard InChI is InChI=1S/C7H9N3O4/c1-8-5(12)9(2)7(14)10(3-4-11)6(8)13/h4H,3H2,1-2H3. The monoisotopic (exact) mass is 199 g/mol. The van der Waals surface area contributed by atoms with E-state index in [1.807, 2.05) is 0 Å². The van der Waals surface area contributed by atoms with Gasteiger partial charge in [0.15, 0.2) is 0 Å². The second kappa shape index (κ2) is 3.44. The van der Waals surface area contributed by atoms with E-state index in [9.17, 15) is 19.2 Å². The summed E-state index contributed by atoms with van der Waals surface area (Å²) in [6.45, 7) is -0.348. The molecule has 0 spiro atoms. The van der Waals surface area contributed by atoms with Crippen molar-refractivity contribution < 1.29 is 4.79 Å². The molecule has 1 rings (SSSR count). The third kappa shape index (κ3) is 1.32. The first-order chi connectivity index (χ1) is 6.50. The third-order valence-electron chi connectivity index (χ3n) is 1.87. The Labute approximate surface area is 77.8 Å². The first-order valence-corrected chi connectivity index (χ1v) is 3.81. The minimum absolute atomic E-state index is 0.348. The van der Waals surface area contributed by atoms with Gasteiger partial charge in [0.05, 0.1) is 6.54 Å². The molecular formula is C7H9N3O4. The van der Waals surface area contributed by atoms with Gasteiger partial charge in [-0.15, -0.1) is 0 Å². The highest BCUT2D eigenvalue weighted by molar-refractivity contribution is 5.48. The van der Waals surface area contributed by atoms with Crippen LogP contribution in [0, 0.1) is 0 Å². The van der Waals surface area contributed by atoms with Gasteiger partial charge in [-0.3, -0.25) is 0 Å². The first kappa shape index (κ1) is 10.2. The number of nitrogens with zero attached hydrogens (tertiary/aromatic N) is 3. The molecule has 0 bridgehead atoms. The van der Waals surface area contributed by atoms with E-state index in [4.69, 9.17) is 0 Å². The van der Waals surface area contributed by atoms with Crippen molar-refractivity contribution in [3.63, 3.8) is 0 Å². The van der Waals surface area contributed by atoms with Gasteiger partial charge in [0, 0.05) is 14.1 Å². The zero-order chi connectivity index (χ0) is 10.9. The molecule has 1 aromatic rings. The predicted octanol–water partition coefficient (Wildman–Crippen LogP) is -2.56. The molecule has 0 aliphatic rings. The summed E-state index contributed by atoms with van der Waals surface area (Å²) in [6, 6.07) is 0. The van der Waals surface area contributed by atoms with E-state index >= 15 is 0 Å². The highest BCUT2D eigenvalue weighted by Gasteiger charge is 2.08. The van der Waals surface area contributed by atoms with E-state index in [1.165, 1.54) is 14.1 Å². The molecule has 0 amide bonds. The van der Waals surface area contributed by atoms with E-state index in [2.05, 4.69) is 0 Å². The largest absolute Gasteiger partial charge is 0.336 e. The summed E-state index contributed by atoms with van der Waals surface area (Å²) in [5.41, 5.74) is -2.28. The maximum Gasteiger partial charge on any atom is 0.336 e. The Bertz CT molecular complexity index is 493. The minimum atomic E-state index is -0.787. The first-order valence-electron chi connectivity index (χ1n) is 3.81. The molecule has 7 heteroatoms. The number of aldehydes is 1. The van der Waals surface area contributed by atoms with E-state index in [0.717, 1.165) is 9.13 Å². The number of aromatic nitrogens is 3. The third-order valence-corrected chi connectivity index (χ3v) is 1.87. The van der Waals surface area contributed by atoms with Gasteiger partial charge in [-0.05, 0) is 0 Å². The van der Waals surface area contributed by atoms with E-state index in [1.54, 1.807) is 0 Å². The van der Waals surface area contributed by atoms with Crippen LogP contribution in [0.4, 0.5) is 0 Å². The van der Waals surface area contributed by atoms with Gasteiger partial charge in [0.1, 0.15) is 6.29 Å². The second-order valence-corrected chi connectivity index (χ2v) is 2.74. The van der Waals surface area contributed by atoms with Crippen LogP contribution in [0.3, 0.4) is 0 Å². The van der Waals surface area contributed by atoms with E-state index < -0.39 is 17.1 Å². The maximum absolute atomic E-state index is 11.3. The number of rotatable bonds is 2. The summed E-state index contributed by atoms with van der Waals surface area (Å²) < 4.78 is 2.23. The normalized spacial score (nSPS) is 10.1. The molecule has 0 aliphatic heterocycles. The van der Waals surface area contributed by atoms with Crippen molar-refractivity contribution >= 4 is 6.29 Å². The van der Waals surface area contributed by atoms with Gasteiger partial charge in [-0.1, -0.05) is 0 Å². The van der Waals surface area contributed by atoms with Gasteiger partial charge in [-0.2, -0.15) is 0 Å². The molecule has 0 atom stereocenters. The molecule has 1 heterocycles. The summed E-state index contributed by atoms with van der Waals surface area (Å²) in [5.74, 6) is 0. The molecule has 14 heavy (non-hydrogen) atoms. The number of hydrogen-bond acceptors (Lipinski definition) is 4. The van der Waals surface area contributed by atoms with Crippen LogP contribution >= 0.6 is 0 Å². The topological polar surface area (TPSA) is 83.1 Å². The Morgan fingerprint density at radius 1 is 1.00 bits per heavy atom. The Morgan fingerprint density at radius 2 is 1.43 bits per heavy atom. The lowest BCUT2D eigenvalue weighted by Crippen LogP contribution is -2.52. The van der Waals surface area contributed by atoms with Gasteiger partial charge < -0.3 is 4.79 Å². The van der Waals surface area contributed by atoms with Crippen molar-refractivity contribution in [3.8, 4) is 0 Å². The molecular weight excluding hydrogens is 190 g/mol. The number of carbonyl (C=O) groups is 1. The van der Waals surface area contributed by atoms with Gasteiger partial charge in [0.2, 0.25) is 0 Å². The van der Waals surface area contributed by atoms with Gasteiger partial charge in [0.25, 0.3) is 0 Å². The molecule has 0 aromatic carbocycles. The number of hydrogen-bond donors (Lipinski definition) is 0. The quantitative estimate of drug-likeness (QED) is 0.491. The molecule has 0 unspecified atom stereocenters. The summed E-state index contributed by atoms with van der Waals surface area (Å²) in [4.78, 5) is 44.0. The predicted molar refractivity (Wildman–Crippen MR) is 47.2 cm³/mol. The average Bonchev–Trinajstić information content (AvgIpc) is 2.19. The maximum atomic E-state index is 11.3. The average molecular weight is 199 g/mol. The Balaban J connectivity index is 3.78. The fraction of sp³-hybridized carbons (Fsp3) is 0.429. The van der Waals surface area contributed by atoms with Crippen LogP contribution in [0.2, 0.25) is 0 Å². The summed E-state index contributed by atoms with van der Waals surface area (Å²) >= 11 is 0. The summed E-state index contributed by atoms with van der Waals surface area (Å²) in [5, 5.41) is 0. The van der Waals surface area contributed by atoms with Crippen LogP contribution in [0.5, 0.6) is 0 Å². The Hall–Kier alpha value is -1.92. The van der Waals surface area contributed by atoms with Crippen molar-refractivity contribution in [2.45, 2.75) is 6.54 Å². The molecule has 0 N–H and O–H groups in total. The molecule has 1 aromatic heterocycles. The SMILES string of the molecule is Cn1c(=O)n(C)c(=O)n(CC=O)c1=O. The smallest absolute Gasteiger partial charge is 0.301 e. The molecule has 76 valence electrons. The summed E-state index contributed by atoms with van der Waals surface area (Å²) in [6.07, 6.45) is 0.424. The van der Waals surface area contributed by atoms with Crippen molar-refractivity contribution in [2.75, 3.05) is 0 Å². The summed E-state index contributed by atoms with van der Waals surface area (Å²) in [7, 11) is 2.48. The molecule has 7 nitrogen and oxygen atoms in total. The van der Waals surface area contributed by atoms with Crippen LogP contribution in [0.25, 0.3) is 0 Å². The van der Waals surface area contributed by atoms with Crippen molar-refractivity contribution in [3.05, 3.63) is 31.5 Å². The Kier molecular flexibility index (Phi) is 2.50. The second-order valence-electron chi connectivity index (χ2n) is 2.74. The van der Waals surface area contributed by atoms with Gasteiger partial charge >= 0.3 is 17.1 Å². The highest BCUT2D eigenvalue weighted by atomic mass is 16.2. The fourth-order valence-electron chi connectivity index (χ4n) is 1.06. The van der Waals surface area contributed by atoms with Crippen LogP contribution in [0.1, 0.15) is 0 Å². The van der Waals surface area contributed by atoms with Crippen LogP contribution in [0.15, 0.2) is 14.4 Å². The van der Waals surface area contributed by atoms with Crippen molar-refractivity contribution in [1.82, 2.24) is 13.7 Å². The van der Waals surface area contributed by atoms with Crippen LogP contribution in [-0.2, 0) is 25.4 Å². The lowest BCUT2D eigenvalue weighted by Gasteiger charge is -2.04. The van der Waals surface area contributed by atoms with Crippen LogP contribution < -0.4 is 17.1 Å². The molecule has 0 aliphatic carbocycles. The van der Waals surface area contributed by atoms with E-state index in [0.29, 0.717) is 10.9 Å². The lowest BCUT2D eigenvalue weighted by molar-refractivity contribution is -0.108.